The zero-order valence-corrected chi connectivity index (χ0v) is 11.1. The molecular formula is C16H15NO4. The molecule has 0 fully saturated rings. The Labute approximate surface area is 121 Å². The molecule has 0 radical (unpaired) electrons. The molecule has 4 N–H and O–H groups in total. The van der Waals surface area contributed by atoms with Gasteiger partial charge >= 0.3 is 0 Å². The number of rotatable bonds is 3. The van der Waals surface area contributed by atoms with Crippen molar-refractivity contribution in [1.82, 2.24) is 5.32 Å². The normalized spacial score (nSPS) is 17.3. The second-order valence-electron chi connectivity index (χ2n) is 4.76. The van der Waals surface area contributed by atoms with E-state index in [1.165, 1.54) is 0 Å². The lowest BCUT2D eigenvalue weighted by Gasteiger charge is -2.14. The van der Waals surface area contributed by atoms with E-state index in [1.54, 1.807) is 48.7 Å². The second kappa shape index (κ2) is 5.47. The molecule has 2 aromatic carbocycles. The molecule has 0 saturated carbocycles. The maximum atomic E-state index is 9.49. The third-order valence-corrected chi connectivity index (χ3v) is 3.28. The largest absolute Gasteiger partial charge is 0.508 e. The smallest absolute Gasteiger partial charge is 0.196 e. The number of ether oxygens (including phenoxy) is 1. The number of nitrogens with one attached hydrogen (secondary N) is 1. The van der Waals surface area contributed by atoms with Crippen molar-refractivity contribution < 1.29 is 20.1 Å². The Balaban J connectivity index is 1.74. The number of phenols is 1. The Morgan fingerprint density at radius 3 is 2.48 bits per heavy atom. The SMILES string of the molecule is Oc1cccc(C2=CNC(c3ccc(C(O)O)cc3)O2)c1. The van der Waals surface area contributed by atoms with Crippen LogP contribution in [-0.4, -0.2) is 15.3 Å². The fourth-order valence-corrected chi connectivity index (χ4v) is 2.16. The van der Waals surface area contributed by atoms with Gasteiger partial charge < -0.3 is 25.4 Å². The number of aromatic hydroxyl groups is 1. The zero-order valence-electron chi connectivity index (χ0n) is 11.1. The molecule has 5 heteroatoms. The number of benzene rings is 2. The van der Waals surface area contributed by atoms with Gasteiger partial charge in [0.15, 0.2) is 12.5 Å². The van der Waals surface area contributed by atoms with Crippen molar-refractivity contribution >= 4 is 5.76 Å². The first-order valence-corrected chi connectivity index (χ1v) is 6.52. The van der Waals surface area contributed by atoms with Gasteiger partial charge in [-0.2, -0.15) is 0 Å². The number of phenolic OH excluding ortho intramolecular Hbond substituents is 1. The minimum Gasteiger partial charge on any atom is -0.508 e. The average molecular weight is 285 g/mol. The van der Waals surface area contributed by atoms with E-state index < -0.39 is 6.29 Å². The van der Waals surface area contributed by atoms with Crippen LogP contribution in [0.15, 0.2) is 54.7 Å². The molecule has 3 rings (SSSR count). The Bertz CT molecular complexity index is 664. The zero-order chi connectivity index (χ0) is 14.8. The Morgan fingerprint density at radius 1 is 1.05 bits per heavy atom. The van der Waals surface area contributed by atoms with E-state index in [-0.39, 0.29) is 12.0 Å². The van der Waals surface area contributed by atoms with Gasteiger partial charge in [0.25, 0.3) is 0 Å². The minimum absolute atomic E-state index is 0.182. The summed E-state index contributed by atoms with van der Waals surface area (Å²) in [4.78, 5) is 0. The van der Waals surface area contributed by atoms with Crippen LogP contribution in [0.3, 0.4) is 0 Å². The van der Waals surface area contributed by atoms with Gasteiger partial charge in [0.1, 0.15) is 11.5 Å². The monoisotopic (exact) mass is 285 g/mol. The van der Waals surface area contributed by atoms with Gasteiger partial charge in [0, 0.05) is 22.9 Å². The van der Waals surface area contributed by atoms with Gasteiger partial charge in [0.05, 0.1) is 0 Å². The van der Waals surface area contributed by atoms with E-state index in [4.69, 9.17) is 14.9 Å². The molecule has 1 unspecified atom stereocenters. The lowest BCUT2D eigenvalue weighted by Crippen LogP contribution is -2.11. The van der Waals surface area contributed by atoms with Crippen molar-refractivity contribution in [3.05, 3.63) is 71.4 Å². The fourth-order valence-electron chi connectivity index (χ4n) is 2.16. The topological polar surface area (TPSA) is 82.0 Å². The first-order chi connectivity index (χ1) is 10.1. The molecule has 0 amide bonds. The minimum atomic E-state index is -1.47. The van der Waals surface area contributed by atoms with Gasteiger partial charge in [-0.05, 0) is 12.1 Å². The average Bonchev–Trinajstić information content (AvgIpc) is 2.97. The van der Waals surface area contributed by atoms with Crippen LogP contribution in [0.5, 0.6) is 5.75 Å². The van der Waals surface area contributed by atoms with E-state index >= 15 is 0 Å². The lowest BCUT2D eigenvalue weighted by atomic mass is 10.1. The number of hydrogen-bond donors (Lipinski definition) is 4. The van der Waals surface area contributed by atoms with Gasteiger partial charge in [0.2, 0.25) is 0 Å². The van der Waals surface area contributed by atoms with E-state index in [0.717, 1.165) is 11.1 Å². The van der Waals surface area contributed by atoms with Crippen molar-refractivity contribution in [2.45, 2.75) is 12.5 Å². The molecule has 0 aromatic heterocycles. The third kappa shape index (κ3) is 2.84. The number of aliphatic hydroxyl groups excluding tert-OH is 1. The van der Waals surface area contributed by atoms with Gasteiger partial charge in [-0.3, -0.25) is 0 Å². The van der Waals surface area contributed by atoms with Crippen molar-refractivity contribution in [2.75, 3.05) is 0 Å². The van der Waals surface area contributed by atoms with Crippen LogP contribution in [0, 0.1) is 0 Å². The van der Waals surface area contributed by atoms with Crippen LogP contribution in [0.4, 0.5) is 0 Å². The predicted molar refractivity (Wildman–Crippen MR) is 76.7 cm³/mol. The van der Waals surface area contributed by atoms with Crippen molar-refractivity contribution in [1.29, 1.82) is 0 Å². The highest BCUT2D eigenvalue weighted by Crippen LogP contribution is 2.30. The summed E-state index contributed by atoms with van der Waals surface area (Å²) in [5.74, 6) is 0.823. The summed E-state index contributed by atoms with van der Waals surface area (Å²) < 4.78 is 5.80. The summed E-state index contributed by atoms with van der Waals surface area (Å²) in [5, 5.41) is 30.7. The molecule has 0 spiro atoms. The molecule has 5 nitrogen and oxygen atoms in total. The quantitative estimate of drug-likeness (QED) is 0.648. The number of aliphatic hydroxyl groups is 2. The van der Waals surface area contributed by atoms with Crippen LogP contribution >= 0.6 is 0 Å². The molecule has 1 aliphatic heterocycles. The molecule has 0 aliphatic carbocycles. The highest BCUT2D eigenvalue weighted by molar-refractivity contribution is 5.62. The molecule has 2 aromatic rings. The summed E-state index contributed by atoms with van der Waals surface area (Å²) >= 11 is 0. The summed E-state index contributed by atoms with van der Waals surface area (Å²) in [7, 11) is 0. The molecule has 21 heavy (non-hydrogen) atoms. The van der Waals surface area contributed by atoms with Gasteiger partial charge in [-0.1, -0.05) is 36.4 Å². The second-order valence-corrected chi connectivity index (χ2v) is 4.76. The summed E-state index contributed by atoms with van der Waals surface area (Å²) in [6.45, 7) is 0. The molecule has 1 heterocycles. The van der Waals surface area contributed by atoms with Gasteiger partial charge in [-0.15, -0.1) is 0 Å². The predicted octanol–water partition coefficient (Wildman–Crippen LogP) is 1.99. The van der Waals surface area contributed by atoms with Gasteiger partial charge in [-0.25, -0.2) is 0 Å². The van der Waals surface area contributed by atoms with Crippen molar-refractivity contribution in [3.63, 3.8) is 0 Å². The lowest BCUT2D eigenvalue weighted by molar-refractivity contribution is -0.0425. The summed E-state index contributed by atoms with van der Waals surface area (Å²) in [6, 6.07) is 13.6. The first-order valence-electron chi connectivity index (χ1n) is 6.52. The Kier molecular flexibility index (Phi) is 3.51. The Morgan fingerprint density at radius 2 is 1.81 bits per heavy atom. The molecular weight excluding hydrogens is 270 g/mol. The third-order valence-electron chi connectivity index (χ3n) is 3.28. The fraction of sp³-hybridized carbons (Fsp3) is 0.125. The molecule has 0 bridgehead atoms. The summed E-state index contributed by atoms with van der Waals surface area (Å²) in [6.07, 6.45) is -0.0708. The van der Waals surface area contributed by atoms with Crippen LogP contribution in [-0.2, 0) is 4.74 Å². The van der Waals surface area contributed by atoms with Crippen molar-refractivity contribution in [2.24, 2.45) is 0 Å². The first kappa shape index (κ1) is 13.5. The standard InChI is InChI=1S/C16H15NO4/c18-13-3-1-2-12(8-13)14-9-17-15(21-14)10-4-6-11(7-5-10)16(19)20/h1-9,15-20H. The van der Waals surface area contributed by atoms with E-state index in [1.807, 2.05) is 6.07 Å². The maximum Gasteiger partial charge on any atom is 0.196 e. The maximum absolute atomic E-state index is 9.49. The van der Waals surface area contributed by atoms with E-state index in [9.17, 15) is 5.11 Å². The molecule has 0 saturated heterocycles. The Hall–Kier alpha value is -2.50. The molecule has 1 atom stereocenters. The summed E-state index contributed by atoms with van der Waals surface area (Å²) in [5.41, 5.74) is 2.08. The highest BCUT2D eigenvalue weighted by atomic mass is 16.5. The molecule has 1 aliphatic rings. The van der Waals surface area contributed by atoms with Crippen molar-refractivity contribution in [3.8, 4) is 5.75 Å². The highest BCUT2D eigenvalue weighted by Gasteiger charge is 2.20. The van der Waals surface area contributed by atoms with E-state index in [2.05, 4.69) is 5.32 Å². The molecule has 108 valence electrons. The van der Waals surface area contributed by atoms with E-state index in [0.29, 0.717) is 11.3 Å². The van der Waals surface area contributed by atoms with Crippen LogP contribution in [0.1, 0.15) is 29.2 Å². The van der Waals surface area contributed by atoms with Crippen LogP contribution < -0.4 is 5.32 Å². The number of hydrogen-bond acceptors (Lipinski definition) is 5. The van der Waals surface area contributed by atoms with Crippen LogP contribution in [0.2, 0.25) is 0 Å². The van der Waals surface area contributed by atoms with Crippen LogP contribution in [0.25, 0.3) is 5.76 Å².